The molecular weight excluding hydrogens is 292 g/mol. The molecule has 3 atom stereocenters. The summed E-state index contributed by atoms with van der Waals surface area (Å²) in [4.78, 5) is 36.9. The summed E-state index contributed by atoms with van der Waals surface area (Å²) in [5, 5.41) is 19.0. The number of aliphatic hydroxyl groups excluding tert-OH is 2. The van der Waals surface area contributed by atoms with E-state index in [1.807, 2.05) is 0 Å². The van der Waals surface area contributed by atoms with Gasteiger partial charge in [0.05, 0.1) is 18.8 Å². The monoisotopic (exact) mass is 310 g/mol. The fraction of sp³-hybridized carbons (Fsp3) is 0.500. The molecule has 0 aromatic carbocycles. The van der Waals surface area contributed by atoms with Crippen LogP contribution in [0.1, 0.15) is 24.4 Å². The van der Waals surface area contributed by atoms with Crippen LogP contribution in [-0.2, 0) is 9.53 Å². The number of aliphatic hydroxyl groups is 2. The van der Waals surface area contributed by atoms with Crippen LogP contribution in [0.15, 0.2) is 21.9 Å². The molecule has 1 aliphatic carbocycles. The zero-order chi connectivity index (χ0) is 16.3. The highest BCUT2D eigenvalue weighted by molar-refractivity contribution is 5.86. The molecule has 1 aromatic rings. The molecule has 0 radical (unpaired) electrons. The first-order valence-electron chi connectivity index (χ1n) is 6.86. The SMILES string of the molecule is COC(=O)C=Cc1cn(C2CC(O)C(CO)C2)c(=O)[nH]c1=O. The molecule has 0 bridgehead atoms. The van der Waals surface area contributed by atoms with Crippen LogP contribution in [0.5, 0.6) is 0 Å². The van der Waals surface area contributed by atoms with E-state index in [0.29, 0.717) is 12.8 Å². The van der Waals surface area contributed by atoms with E-state index in [0.717, 1.165) is 6.08 Å². The summed E-state index contributed by atoms with van der Waals surface area (Å²) in [5.74, 6) is -0.910. The fourth-order valence-electron chi connectivity index (χ4n) is 2.61. The van der Waals surface area contributed by atoms with Crippen LogP contribution in [0.2, 0.25) is 0 Å². The predicted molar refractivity (Wildman–Crippen MR) is 77.2 cm³/mol. The van der Waals surface area contributed by atoms with Crippen LogP contribution < -0.4 is 11.2 Å². The Morgan fingerprint density at radius 2 is 2.23 bits per heavy atom. The number of nitrogens with one attached hydrogen (secondary N) is 1. The summed E-state index contributed by atoms with van der Waals surface area (Å²) >= 11 is 0. The number of esters is 1. The summed E-state index contributed by atoms with van der Waals surface area (Å²) in [5.41, 5.74) is -1.07. The molecule has 22 heavy (non-hydrogen) atoms. The zero-order valence-corrected chi connectivity index (χ0v) is 12.1. The first kappa shape index (κ1) is 16.2. The third-order valence-electron chi connectivity index (χ3n) is 3.86. The van der Waals surface area contributed by atoms with E-state index < -0.39 is 23.3 Å². The summed E-state index contributed by atoms with van der Waals surface area (Å²) in [6.45, 7) is -0.162. The third kappa shape index (κ3) is 3.34. The predicted octanol–water partition coefficient (Wildman–Crippen LogP) is -0.973. The van der Waals surface area contributed by atoms with Crippen molar-refractivity contribution in [3.8, 4) is 0 Å². The molecule has 2 rings (SSSR count). The topological polar surface area (TPSA) is 122 Å². The van der Waals surface area contributed by atoms with Crippen LogP contribution in [0.3, 0.4) is 0 Å². The summed E-state index contributed by atoms with van der Waals surface area (Å²) in [6.07, 6.45) is 3.75. The summed E-state index contributed by atoms with van der Waals surface area (Å²) in [6, 6.07) is -0.318. The third-order valence-corrected chi connectivity index (χ3v) is 3.86. The Kier molecular flexibility index (Phi) is 4.94. The molecule has 0 aliphatic heterocycles. The zero-order valence-electron chi connectivity index (χ0n) is 12.1. The maximum Gasteiger partial charge on any atom is 0.330 e. The average Bonchev–Trinajstić information content (AvgIpc) is 2.86. The smallest absolute Gasteiger partial charge is 0.330 e. The van der Waals surface area contributed by atoms with Crippen LogP contribution in [0.25, 0.3) is 6.08 Å². The van der Waals surface area contributed by atoms with E-state index in [2.05, 4.69) is 9.72 Å². The largest absolute Gasteiger partial charge is 0.466 e. The van der Waals surface area contributed by atoms with Crippen molar-refractivity contribution in [3.05, 3.63) is 38.7 Å². The van der Waals surface area contributed by atoms with Crippen LogP contribution in [0.4, 0.5) is 0 Å². The number of aromatic amines is 1. The minimum atomic E-state index is -0.692. The lowest BCUT2D eigenvalue weighted by Gasteiger charge is -2.13. The molecular formula is C14H18N2O6. The Bertz CT molecular complexity index is 689. The van der Waals surface area contributed by atoms with E-state index in [-0.39, 0.29) is 24.1 Å². The second-order valence-electron chi connectivity index (χ2n) is 5.24. The molecule has 1 aromatic heterocycles. The van der Waals surface area contributed by atoms with Crippen molar-refractivity contribution in [3.63, 3.8) is 0 Å². The minimum Gasteiger partial charge on any atom is -0.466 e. The van der Waals surface area contributed by atoms with Crippen molar-refractivity contribution in [2.24, 2.45) is 5.92 Å². The number of methoxy groups -OCH3 is 1. The van der Waals surface area contributed by atoms with Crippen molar-refractivity contribution < 1.29 is 19.7 Å². The van der Waals surface area contributed by atoms with Crippen molar-refractivity contribution in [2.45, 2.75) is 25.0 Å². The molecule has 3 N–H and O–H groups in total. The van der Waals surface area contributed by atoms with E-state index in [4.69, 9.17) is 0 Å². The van der Waals surface area contributed by atoms with Crippen LogP contribution >= 0.6 is 0 Å². The first-order valence-corrected chi connectivity index (χ1v) is 6.86. The lowest BCUT2D eigenvalue weighted by Crippen LogP contribution is -2.32. The van der Waals surface area contributed by atoms with Gasteiger partial charge in [0.2, 0.25) is 0 Å². The summed E-state index contributed by atoms with van der Waals surface area (Å²) in [7, 11) is 1.22. The van der Waals surface area contributed by atoms with Crippen LogP contribution in [-0.4, -0.2) is 45.6 Å². The van der Waals surface area contributed by atoms with E-state index >= 15 is 0 Å². The van der Waals surface area contributed by atoms with Gasteiger partial charge in [-0.3, -0.25) is 14.3 Å². The van der Waals surface area contributed by atoms with Crippen molar-refractivity contribution in [2.75, 3.05) is 13.7 Å². The van der Waals surface area contributed by atoms with Gasteiger partial charge < -0.3 is 14.9 Å². The number of hydrogen-bond acceptors (Lipinski definition) is 6. The normalized spacial score (nSPS) is 24.8. The average molecular weight is 310 g/mol. The molecule has 8 nitrogen and oxygen atoms in total. The first-order chi connectivity index (χ1) is 10.5. The Morgan fingerprint density at radius 1 is 1.50 bits per heavy atom. The number of H-pyrrole nitrogens is 1. The Hall–Kier alpha value is -2.19. The quantitative estimate of drug-likeness (QED) is 0.486. The fourth-order valence-corrected chi connectivity index (χ4v) is 2.61. The molecule has 120 valence electrons. The minimum absolute atomic E-state index is 0.131. The van der Waals surface area contributed by atoms with E-state index in [1.165, 1.54) is 23.9 Å². The molecule has 0 saturated heterocycles. The molecule has 3 unspecified atom stereocenters. The summed E-state index contributed by atoms with van der Waals surface area (Å²) < 4.78 is 5.76. The van der Waals surface area contributed by atoms with Crippen molar-refractivity contribution in [1.82, 2.24) is 9.55 Å². The van der Waals surface area contributed by atoms with Crippen molar-refractivity contribution in [1.29, 1.82) is 0 Å². The highest BCUT2D eigenvalue weighted by Crippen LogP contribution is 2.33. The number of aromatic nitrogens is 2. The lowest BCUT2D eigenvalue weighted by molar-refractivity contribution is -0.134. The highest BCUT2D eigenvalue weighted by Gasteiger charge is 2.34. The standard InChI is InChI=1S/C14H18N2O6/c1-22-12(19)3-2-8-6-16(14(21)15-13(8)20)10-4-9(7-17)11(18)5-10/h2-3,6,9-11,17-18H,4-5,7H2,1H3,(H,15,20,21). The van der Waals surface area contributed by atoms with Gasteiger partial charge in [0.15, 0.2) is 0 Å². The number of rotatable bonds is 4. The number of nitrogens with zero attached hydrogens (tertiary/aromatic N) is 1. The van der Waals surface area contributed by atoms with Gasteiger partial charge in [0, 0.05) is 30.8 Å². The van der Waals surface area contributed by atoms with E-state index in [9.17, 15) is 24.6 Å². The number of hydrogen-bond donors (Lipinski definition) is 3. The van der Waals surface area contributed by atoms with Gasteiger partial charge in [-0.2, -0.15) is 0 Å². The molecule has 1 aliphatic rings. The van der Waals surface area contributed by atoms with E-state index in [1.54, 1.807) is 0 Å². The van der Waals surface area contributed by atoms with Crippen LogP contribution in [0, 0.1) is 5.92 Å². The van der Waals surface area contributed by atoms with Gasteiger partial charge in [-0.25, -0.2) is 9.59 Å². The van der Waals surface area contributed by atoms with Gasteiger partial charge in [-0.1, -0.05) is 0 Å². The molecule has 8 heteroatoms. The lowest BCUT2D eigenvalue weighted by atomic mass is 10.1. The second-order valence-corrected chi connectivity index (χ2v) is 5.24. The van der Waals surface area contributed by atoms with Gasteiger partial charge in [-0.05, 0) is 18.9 Å². The Labute approximate surface area is 125 Å². The van der Waals surface area contributed by atoms with Gasteiger partial charge in [0.1, 0.15) is 0 Å². The molecule has 0 spiro atoms. The van der Waals surface area contributed by atoms with Gasteiger partial charge in [-0.15, -0.1) is 0 Å². The number of ether oxygens (including phenoxy) is 1. The molecule has 0 amide bonds. The van der Waals surface area contributed by atoms with Crippen molar-refractivity contribution >= 4 is 12.0 Å². The Balaban J connectivity index is 2.33. The molecule has 1 heterocycles. The highest BCUT2D eigenvalue weighted by atomic mass is 16.5. The maximum atomic E-state index is 11.9. The van der Waals surface area contributed by atoms with Gasteiger partial charge in [0.25, 0.3) is 5.56 Å². The second kappa shape index (κ2) is 6.71. The number of carbonyl (C=O) groups excluding carboxylic acids is 1. The number of carbonyl (C=O) groups is 1. The molecule has 1 fully saturated rings. The Morgan fingerprint density at radius 3 is 2.82 bits per heavy atom. The molecule has 1 saturated carbocycles. The maximum absolute atomic E-state index is 11.9. The van der Waals surface area contributed by atoms with Gasteiger partial charge >= 0.3 is 11.7 Å².